The van der Waals surface area contributed by atoms with Gasteiger partial charge in [0.1, 0.15) is 0 Å². The van der Waals surface area contributed by atoms with Crippen molar-refractivity contribution in [2.75, 3.05) is 37.8 Å². The molecule has 2 heterocycles. The lowest BCUT2D eigenvalue weighted by molar-refractivity contribution is 0.0741. The summed E-state index contributed by atoms with van der Waals surface area (Å²) in [6.45, 7) is 3.35. The van der Waals surface area contributed by atoms with Crippen LogP contribution in [0.3, 0.4) is 0 Å². The van der Waals surface area contributed by atoms with Gasteiger partial charge in [0.15, 0.2) is 9.84 Å². The molecule has 2 aliphatic heterocycles. The Kier molecular flexibility index (Phi) is 4.18. The summed E-state index contributed by atoms with van der Waals surface area (Å²) in [7, 11) is -2.75. The van der Waals surface area contributed by atoms with Crippen LogP contribution in [0.4, 0.5) is 0 Å². The number of sulfone groups is 1. The molecule has 6 heteroatoms. The fraction of sp³-hybridized carbons (Fsp3) is 1.00. The van der Waals surface area contributed by atoms with Gasteiger partial charge in [0.05, 0.1) is 24.7 Å². The van der Waals surface area contributed by atoms with Gasteiger partial charge in [-0.2, -0.15) is 0 Å². The first-order valence-corrected chi connectivity index (χ1v) is 7.73. The largest absolute Gasteiger partial charge is 0.379 e. The highest BCUT2D eigenvalue weighted by atomic mass is 32.2. The highest BCUT2D eigenvalue weighted by Crippen LogP contribution is 2.11. The van der Waals surface area contributed by atoms with Crippen LogP contribution >= 0.6 is 0 Å². The Hall–Kier alpha value is -0.170. The van der Waals surface area contributed by atoms with Crippen molar-refractivity contribution in [2.45, 2.75) is 24.9 Å². The van der Waals surface area contributed by atoms with Gasteiger partial charge in [-0.1, -0.05) is 0 Å². The summed E-state index contributed by atoms with van der Waals surface area (Å²) in [6.07, 6.45) is 1.76. The SMILES string of the molecule is O=S1(=O)CCC(NCCC2COCCN2)C1. The van der Waals surface area contributed by atoms with Crippen molar-refractivity contribution < 1.29 is 13.2 Å². The van der Waals surface area contributed by atoms with Gasteiger partial charge in [0.25, 0.3) is 0 Å². The average Bonchev–Trinajstić information content (AvgIpc) is 2.60. The second-order valence-corrected chi connectivity index (χ2v) is 6.80. The van der Waals surface area contributed by atoms with E-state index in [9.17, 15) is 8.42 Å². The fourth-order valence-corrected chi connectivity index (χ4v) is 3.93. The van der Waals surface area contributed by atoms with Crippen LogP contribution in [0.25, 0.3) is 0 Å². The summed E-state index contributed by atoms with van der Waals surface area (Å²) in [5, 5.41) is 6.69. The Morgan fingerprint density at radius 3 is 2.94 bits per heavy atom. The molecular weight excluding hydrogens is 228 g/mol. The van der Waals surface area contributed by atoms with Gasteiger partial charge >= 0.3 is 0 Å². The molecule has 0 aromatic heterocycles. The molecule has 2 unspecified atom stereocenters. The summed E-state index contributed by atoms with van der Waals surface area (Å²) >= 11 is 0. The first kappa shape index (κ1) is 12.3. The van der Waals surface area contributed by atoms with Gasteiger partial charge in [-0.15, -0.1) is 0 Å². The average molecular weight is 248 g/mol. The summed E-state index contributed by atoms with van der Waals surface area (Å²) in [5.74, 6) is 0.650. The van der Waals surface area contributed by atoms with Crippen molar-refractivity contribution in [2.24, 2.45) is 0 Å². The first-order chi connectivity index (χ1) is 7.66. The zero-order chi connectivity index (χ0) is 11.4. The van der Waals surface area contributed by atoms with E-state index in [0.717, 1.165) is 39.1 Å². The Balaban J connectivity index is 1.61. The van der Waals surface area contributed by atoms with Gasteiger partial charge in [0, 0.05) is 18.6 Å². The molecular formula is C10H20N2O3S. The van der Waals surface area contributed by atoms with Gasteiger partial charge in [-0.3, -0.25) is 0 Å². The number of rotatable bonds is 4. The van der Waals surface area contributed by atoms with Crippen molar-refractivity contribution in [3.63, 3.8) is 0 Å². The van der Waals surface area contributed by atoms with E-state index in [1.165, 1.54) is 0 Å². The summed E-state index contributed by atoms with van der Waals surface area (Å²) < 4.78 is 27.8. The van der Waals surface area contributed by atoms with Crippen LogP contribution in [-0.2, 0) is 14.6 Å². The van der Waals surface area contributed by atoms with E-state index >= 15 is 0 Å². The van der Waals surface area contributed by atoms with E-state index in [0.29, 0.717) is 17.5 Å². The molecule has 16 heavy (non-hydrogen) atoms. The van der Waals surface area contributed by atoms with Gasteiger partial charge in [-0.25, -0.2) is 8.42 Å². The molecule has 94 valence electrons. The predicted molar refractivity (Wildman–Crippen MR) is 62.3 cm³/mol. The number of ether oxygens (including phenoxy) is 1. The quantitative estimate of drug-likeness (QED) is 0.678. The zero-order valence-corrected chi connectivity index (χ0v) is 10.3. The van der Waals surface area contributed by atoms with Crippen molar-refractivity contribution in [3.8, 4) is 0 Å². The molecule has 2 fully saturated rings. The third kappa shape index (κ3) is 3.69. The van der Waals surface area contributed by atoms with Crippen molar-refractivity contribution >= 4 is 9.84 Å². The van der Waals surface area contributed by atoms with Crippen molar-refractivity contribution in [3.05, 3.63) is 0 Å². The van der Waals surface area contributed by atoms with Crippen LogP contribution in [0.5, 0.6) is 0 Å². The van der Waals surface area contributed by atoms with Crippen LogP contribution in [0.1, 0.15) is 12.8 Å². The molecule has 0 aromatic carbocycles. The lowest BCUT2D eigenvalue weighted by Crippen LogP contribution is -2.43. The smallest absolute Gasteiger partial charge is 0.151 e. The third-order valence-electron chi connectivity index (χ3n) is 3.16. The fourth-order valence-electron chi connectivity index (χ4n) is 2.22. The number of morpholine rings is 1. The van der Waals surface area contributed by atoms with Gasteiger partial charge in [0.2, 0.25) is 0 Å². The van der Waals surface area contributed by atoms with E-state index < -0.39 is 9.84 Å². The molecule has 0 spiro atoms. The molecule has 2 aliphatic rings. The molecule has 5 nitrogen and oxygen atoms in total. The number of hydrogen-bond acceptors (Lipinski definition) is 5. The van der Waals surface area contributed by atoms with Gasteiger partial charge in [-0.05, 0) is 19.4 Å². The summed E-state index contributed by atoms with van der Waals surface area (Å²) in [6, 6.07) is 0.578. The highest BCUT2D eigenvalue weighted by Gasteiger charge is 2.27. The molecule has 0 radical (unpaired) electrons. The monoisotopic (exact) mass is 248 g/mol. The minimum absolute atomic E-state index is 0.162. The topological polar surface area (TPSA) is 67.4 Å². The van der Waals surface area contributed by atoms with E-state index in [4.69, 9.17) is 4.74 Å². The Labute approximate surface area is 96.9 Å². The Morgan fingerprint density at radius 2 is 2.31 bits per heavy atom. The van der Waals surface area contributed by atoms with Crippen LogP contribution in [0, 0.1) is 0 Å². The normalized spacial score (nSPS) is 34.0. The lowest BCUT2D eigenvalue weighted by atomic mass is 10.2. The van der Waals surface area contributed by atoms with Crippen LogP contribution in [0.15, 0.2) is 0 Å². The van der Waals surface area contributed by atoms with E-state index in [1.807, 2.05) is 0 Å². The van der Waals surface area contributed by atoms with Crippen LogP contribution in [-0.4, -0.2) is 58.3 Å². The molecule has 2 rings (SSSR count). The van der Waals surface area contributed by atoms with Crippen LogP contribution in [0.2, 0.25) is 0 Å². The minimum Gasteiger partial charge on any atom is -0.379 e. The molecule has 0 amide bonds. The number of hydrogen-bond donors (Lipinski definition) is 2. The Morgan fingerprint density at radius 1 is 1.44 bits per heavy atom. The highest BCUT2D eigenvalue weighted by molar-refractivity contribution is 7.91. The molecule has 0 saturated carbocycles. The maximum absolute atomic E-state index is 11.2. The predicted octanol–water partition coefficient (Wildman–Crippen LogP) is -0.858. The lowest BCUT2D eigenvalue weighted by Gasteiger charge is -2.24. The van der Waals surface area contributed by atoms with Crippen LogP contribution < -0.4 is 10.6 Å². The summed E-state index contributed by atoms with van der Waals surface area (Å²) in [5.41, 5.74) is 0. The van der Waals surface area contributed by atoms with Crippen molar-refractivity contribution in [1.82, 2.24) is 10.6 Å². The molecule has 0 aliphatic carbocycles. The molecule has 2 N–H and O–H groups in total. The van der Waals surface area contributed by atoms with E-state index in [2.05, 4.69) is 10.6 Å². The number of nitrogens with one attached hydrogen (secondary N) is 2. The minimum atomic E-state index is -2.75. The first-order valence-electron chi connectivity index (χ1n) is 5.91. The standard InChI is InChI=1S/C10H20N2O3S/c13-16(14)6-2-10(8-16)11-3-1-9-7-15-5-4-12-9/h9-12H,1-8H2. The molecule has 0 aromatic rings. The summed E-state index contributed by atoms with van der Waals surface area (Å²) in [4.78, 5) is 0. The second kappa shape index (κ2) is 5.44. The Bertz CT molecular complexity index is 312. The maximum Gasteiger partial charge on any atom is 0.151 e. The van der Waals surface area contributed by atoms with E-state index in [1.54, 1.807) is 0 Å². The van der Waals surface area contributed by atoms with Crippen molar-refractivity contribution in [1.29, 1.82) is 0 Å². The van der Waals surface area contributed by atoms with E-state index in [-0.39, 0.29) is 6.04 Å². The molecule has 0 bridgehead atoms. The zero-order valence-electron chi connectivity index (χ0n) is 9.44. The maximum atomic E-state index is 11.2. The molecule has 2 saturated heterocycles. The second-order valence-electron chi connectivity index (χ2n) is 4.57. The van der Waals surface area contributed by atoms with Gasteiger partial charge < -0.3 is 15.4 Å². The molecule has 2 atom stereocenters. The third-order valence-corrected chi connectivity index (χ3v) is 4.92.